The van der Waals surface area contributed by atoms with E-state index in [1.165, 1.54) is 5.56 Å². The molecule has 3 N–H and O–H groups in total. The van der Waals surface area contributed by atoms with Crippen molar-refractivity contribution in [2.24, 2.45) is 0 Å². The van der Waals surface area contributed by atoms with Crippen molar-refractivity contribution >= 4 is 6.03 Å². The van der Waals surface area contributed by atoms with Gasteiger partial charge in [-0.1, -0.05) is 37.3 Å². The van der Waals surface area contributed by atoms with Gasteiger partial charge in [0.25, 0.3) is 0 Å². The fraction of sp³-hybridized carbons (Fsp3) is 0.611. The Morgan fingerprint density at radius 1 is 1.38 bits per heavy atom. The van der Waals surface area contributed by atoms with Gasteiger partial charge in [-0.2, -0.15) is 0 Å². The average molecular weight is 335 g/mol. The van der Waals surface area contributed by atoms with Crippen LogP contribution in [-0.4, -0.2) is 67.6 Å². The Balaban J connectivity index is 1.72. The first-order chi connectivity index (χ1) is 11.6. The second-order valence-electron chi connectivity index (χ2n) is 6.37. The lowest BCUT2D eigenvalue weighted by Crippen LogP contribution is -2.49. The maximum Gasteiger partial charge on any atom is 0.315 e. The van der Waals surface area contributed by atoms with E-state index in [0.717, 1.165) is 19.4 Å². The summed E-state index contributed by atoms with van der Waals surface area (Å²) in [7, 11) is 2.02. The van der Waals surface area contributed by atoms with Gasteiger partial charge in [-0.3, -0.25) is 0 Å². The van der Waals surface area contributed by atoms with Crippen molar-refractivity contribution in [1.29, 1.82) is 0 Å². The largest absolute Gasteiger partial charge is 0.388 e. The first-order valence-corrected chi connectivity index (χ1v) is 8.66. The number of aliphatic hydroxyl groups is 1. The first-order valence-electron chi connectivity index (χ1n) is 8.66. The average Bonchev–Trinajstić information content (AvgIpc) is 2.92. The van der Waals surface area contributed by atoms with E-state index in [-0.39, 0.29) is 18.2 Å². The first kappa shape index (κ1) is 18.7. The SMILES string of the molecule is CCCNC(=O)NC1COC(CN(C)CCc2ccccc2)C1O. The van der Waals surface area contributed by atoms with Gasteiger partial charge in [-0.25, -0.2) is 4.79 Å². The highest BCUT2D eigenvalue weighted by atomic mass is 16.5. The molecule has 1 saturated heterocycles. The van der Waals surface area contributed by atoms with Gasteiger partial charge >= 0.3 is 6.03 Å². The topological polar surface area (TPSA) is 73.8 Å². The fourth-order valence-electron chi connectivity index (χ4n) is 2.79. The number of nitrogens with one attached hydrogen (secondary N) is 2. The summed E-state index contributed by atoms with van der Waals surface area (Å²) in [4.78, 5) is 13.8. The Hall–Kier alpha value is -1.63. The van der Waals surface area contributed by atoms with E-state index >= 15 is 0 Å². The van der Waals surface area contributed by atoms with E-state index < -0.39 is 6.10 Å². The van der Waals surface area contributed by atoms with Crippen LogP contribution < -0.4 is 10.6 Å². The number of rotatable bonds is 8. The molecule has 134 valence electrons. The number of nitrogens with zero attached hydrogens (tertiary/aromatic N) is 1. The molecule has 1 fully saturated rings. The van der Waals surface area contributed by atoms with Crippen LogP contribution in [0, 0.1) is 0 Å². The summed E-state index contributed by atoms with van der Waals surface area (Å²) in [6, 6.07) is 9.72. The molecule has 1 aromatic carbocycles. The molecule has 2 rings (SSSR count). The molecule has 1 aromatic rings. The highest BCUT2D eigenvalue weighted by Crippen LogP contribution is 2.15. The number of benzene rings is 1. The summed E-state index contributed by atoms with van der Waals surface area (Å²) in [6.07, 6.45) is 0.881. The van der Waals surface area contributed by atoms with Gasteiger partial charge in [-0.15, -0.1) is 0 Å². The highest BCUT2D eigenvalue weighted by molar-refractivity contribution is 5.74. The fourth-order valence-corrected chi connectivity index (χ4v) is 2.79. The molecule has 0 aliphatic carbocycles. The number of ether oxygens (including phenoxy) is 1. The van der Waals surface area contributed by atoms with E-state index in [0.29, 0.717) is 19.7 Å². The van der Waals surface area contributed by atoms with Crippen LogP contribution in [0.5, 0.6) is 0 Å². The number of aliphatic hydroxyl groups excluding tert-OH is 1. The molecule has 1 aliphatic heterocycles. The number of urea groups is 1. The Morgan fingerprint density at radius 2 is 2.12 bits per heavy atom. The monoisotopic (exact) mass is 335 g/mol. The molecule has 3 unspecified atom stereocenters. The summed E-state index contributed by atoms with van der Waals surface area (Å²) >= 11 is 0. The predicted molar refractivity (Wildman–Crippen MR) is 94.0 cm³/mol. The lowest BCUT2D eigenvalue weighted by molar-refractivity contribution is 0.0205. The number of amides is 2. The van der Waals surface area contributed by atoms with E-state index in [1.54, 1.807) is 0 Å². The molecule has 0 radical (unpaired) electrons. The summed E-state index contributed by atoms with van der Waals surface area (Å²) in [6.45, 7) is 4.50. The summed E-state index contributed by atoms with van der Waals surface area (Å²) < 4.78 is 5.67. The Kier molecular flexibility index (Phi) is 7.49. The quantitative estimate of drug-likeness (QED) is 0.663. The van der Waals surface area contributed by atoms with Crippen LogP contribution in [0.15, 0.2) is 30.3 Å². The van der Waals surface area contributed by atoms with Gasteiger partial charge in [0, 0.05) is 19.6 Å². The van der Waals surface area contributed by atoms with Crippen LogP contribution in [0.25, 0.3) is 0 Å². The number of likely N-dealkylation sites (N-methyl/N-ethyl adjacent to an activating group) is 1. The maximum atomic E-state index is 11.7. The zero-order chi connectivity index (χ0) is 17.4. The molecule has 6 nitrogen and oxygen atoms in total. The molecule has 6 heteroatoms. The van der Waals surface area contributed by atoms with Gasteiger partial charge < -0.3 is 25.4 Å². The standard InChI is InChI=1S/C18H29N3O3/c1-3-10-19-18(23)20-15-13-24-16(17(15)22)12-21(2)11-9-14-7-5-4-6-8-14/h4-8,15-17,22H,3,9-13H2,1-2H3,(H2,19,20,23). The van der Waals surface area contributed by atoms with Gasteiger partial charge in [-0.05, 0) is 25.5 Å². The van der Waals surface area contributed by atoms with Crippen molar-refractivity contribution in [1.82, 2.24) is 15.5 Å². The zero-order valence-corrected chi connectivity index (χ0v) is 14.6. The highest BCUT2D eigenvalue weighted by Gasteiger charge is 2.37. The zero-order valence-electron chi connectivity index (χ0n) is 14.6. The van der Waals surface area contributed by atoms with Gasteiger partial charge in [0.1, 0.15) is 6.10 Å². The van der Waals surface area contributed by atoms with Crippen molar-refractivity contribution in [2.75, 3.05) is 33.3 Å². The molecule has 0 aromatic heterocycles. The van der Waals surface area contributed by atoms with Crippen LogP contribution in [0.1, 0.15) is 18.9 Å². The summed E-state index contributed by atoms with van der Waals surface area (Å²) in [5, 5.41) is 15.9. The Bertz CT molecular complexity index is 498. The van der Waals surface area contributed by atoms with E-state index in [4.69, 9.17) is 4.74 Å². The van der Waals surface area contributed by atoms with Crippen molar-refractivity contribution in [3.8, 4) is 0 Å². The predicted octanol–water partition coefficient (Wildman–Crippen LogP) is 0.998. The minimum absolute atomic E-state index is 0.248. The van der Waals surface area contributed by atoms with Crippen LogP contribution in [0.4, 0.5) is 4.79 Å². The molecular formula is C18H29N3O3. The van der Waals surface area contributed by atoms with Crippen LogP contribution >= 0.6 is 0 Å². The molecule has 0 bridgehead atoms. The third kappa shape index (κ3) is 5.78. The number of hydrogen-bond acceptors (Lipinski definition) is 4. The molecule has 24 heavy (non-hydrogen) atoms. The third-order valence-corrected chi connectivity index (χ3v) is 4.25. The summed E-state index contributed by atoms with van der Waals surface area (Å²) in [5.74, 6) is 0. The molecule has 0 spiro atoms. The lowest BCUT2D eigenvalue weighted by Gasteiger charge is -2.24. The maximum absolute atomic E-state index is 11.7. The molecule has 1 heterocycles. The van der Waals surface area contributed by atoms with Crippen LogP contribution in [0.3, 0.4) is 0 Å². The van der Waals surface area contributed by atoms with Crippen LogP contribution in [-0.2, 0) is 11.2 Å². The third-order valence-electron chi connectivity index (χ3n) is 4.25. The van der Waals surface area contributed by atoms with Crippen molar-refractivity contribution in [3.05, 3.63) is 35.9 Å². The molecule has 0 saturated carbocycles. The lowest BCUT2D eigenvalue weighted by atomic mass is 10.1. The molecule has 3 atom stereocenters. The number of hydrogen-bond donors (Lipinski definition) is 3. The van der Waals surface area contributed by atoms with Crippen molar-refractivity contribution in [2.45, 2.75) is 38.0 Å². The van der Waals surface area contributed by atoms with E-state index in [1.807, 2.05) is 32.2 Å². The minimum Gasteiger partial charge on any atom is -0.388 e. The van der Waals surface area contributed by atoms with E-state index in [9.17, 15) is 9.90 Å². The van der Waals surface area contributed by atoms with E-state index in [2.05, 4.69) is 27.7 Å². The van der Waals surface area contributed by atoms with Crippen molar-refractivity contribution in [3.63, 3.8) is 0 Å². The Labute approximate surface area is 144 Å². The molecular weight excluding hydrogens is 306 g/mol. The number of carbonyl (C=O) groups excluding carboxylic acids is 1. The number of carbonyl (C=O) groups is 1. The van der Waals surface area contributed by atoms with Gasteiger partial charge in [0.2, 0.25) is 0 Å². The second kappa shape index (κ2) is 9.61. The minimum atomic E-state index is -0.684. The Morgan fingerprint density at radius 3 is 2.83 bits per heavy atom. The van der Waals surface area contributed by atoms with Crippen LogP contribution in [0.2, 0.25) is 0 Å². The summed E-state index contributed by atoms with van der Waals surface area (Å²) in [5.41, 5.74) is 1.30. The molecule has 2 amide bonds. The van der Waals surface area contributed by atoms with Gasteiger partial charge in [0.05, 0.1) is 18.8 Å². The van der Waals surface area contributed by atoms with Crippen molar-refractivity contribution < 1.29 is 14.6 Å². The van der Waals surface area contributed by atoms with Gasteiger partial charge in [0.15, 0.2) is 0 Å². The smallest absolute Gasteiger partial charge is 0.315 e. The molecule has 1 aliphatic rings. The second-order valence-corrected chi connectivity index (χ2v) is 6.37. The normalized spacial score (nSPS) is 23.4.